The summed E-state index contributed by atoms with van der Waals surface area (Å²) in [4.78, 5) is 22.7. The van der Waals surface area contributed by atoms with E-state index < -0.39 is 0 Å². The van der Waals surface area contributed by atoms with E-state index in [1.54, 1.807) is 0 Å². The Hall–Kier alpha value is -0.410. The van der Waals surface area contributed by atoms with Crippen molar-refractivity contribution in [1.29, 1.82) is 0 Å². The van der Waals surface area contributed by atoms with Crippen LogP contribution < -0.4 is 0 Å². The number of rotatable bonds is 6. The quantitative estimate of drug-likeness (QED) is 0.265. The second-order valence-corrected chi connectivity index (χ2v) is 35.2. The maximum Gasteiger partial charge on any atom is 0.139 e. The van der Waals surface area contributed by atoms with Crippen molar-refractivity contribution in [2.24, 2.45) is 140 Å². The Balaban J connectivity index is 0.705. The molecule has 15 saturated carbocycles. The van der Waals surface area contributed by atoms with Crippen LogP contribution in [-0.4, -0.2) is 51.8 Å². The Morgan fingerprint density at radius 1 is 0.250 bits per heavy atom. The van der Waals surface area contributed by atoms with Gasteiger partial charge >= 0.3 is 0 Å². The Labute approximate surface area is 468 Å². The van der Waals surface area contributed by atoms with Gasteiger partial charge in [-0.05, 0) is 295 Å². The van der Waals surface area contributed by atoms with E-state index in [4.69, 9.17) is 0 Å². The fourth-order valence-electron chi connectivity index (χ4n) is 29.4. The topological polar surface area (TPSA) is 23.6 Å². The van der Waals surface area contributed by atoms with Gasteiger partial charge in [-0.2, -0.15) is 0 Å². The molecule has 0 aromatic rings. The molecule has 0 aromatic carbocycles. The molecule has 0 spiro atoms. The third-order valence-corrected chi connectivity index (χ3v) is 32.2. The third-order valence-electron chi connectivity index (χ3n) is 32.2. The van der Waals surface area contributed by atoms with Gasteiger partial charge in [0.1, 0.15) is 5.78 Å². The van der Waals surface area contributed by atoms with E-state index in [2.05, 4.69) is 65.2 Å². The molecule has 0 amide bonds. The third kappa shape index (κ3) is 7.90. The van der Waals surface area contributed by atoms with Gasteiger partial charge in [0.25, 0.3) is 0 Å². The summed E-state index contributed by atoms with van der Waals surface area (Å²) in [5.74, 6) is 18.4. The van der Waals surface area contributed by atoms with Gasteiger partial charge in [0.2, 0.25) is 0 Å². The van der Waals surface area contributed by atoms with Crippen molar-refractivity contribution in [1.82, 2.24) is 9.80 Å². The van der Waals surface area contributed by atoms with Gasteiger partial charge in [-0.3, -0.25) is 14.6 Å². The number of Topliss-reactive ketones (excluding diaryl/α,β-unsaturated/α-hetero) is 1. The van der Waals surface area contributed by atoms with Crippen molar-refractivity contribution in [3.05, 3.63) is 0 Å². The smallest absolute Gasteiger partial charge is 0.139 e. The molecule has 26 unspecified atom stereocenters. The molecule has 0 radical (unpaired) electrons. The van der Waals surface area contributed by atoms with E-state index in [1.807, 2.05) is 0 Å². The van der Waals surface area contributed by atoms with Crippen LogP contribution >= 0.6 is 0 Å². The van der Waals surface area contributed by atoms with Gasteiger partial charge in [0.05, 0.1) is 0 Å². The summed E-state index contributed by atoms with van der Waals surface area (Å²) in [6.07, 6.45) is 49.9. The molecule has 0 bridgehead atoms. The normalized spacial score (nSPS) is 54.3. The van der Waals surface area contributed by atoms with Crippen LogP contribution in [-0.2, 0) is 4.79 Å². The molecule has 0 aliphatic heterocycles. The van der Waals surface area contributed by atoms with Crippen LogP contribution in [0.4, 0.5) is 0 Å². The summed E-state index contributed by atoms with van der Waals surface area (Å²) in [6, 6.07) is 4.28. The first-order valence-corrected chi connectivity index (χ1v) is 35.7. The number of ketones is 1. The average molecular weight is 1040 g/mol. The molecule has 15 fully saturated rings. The zero-order valence-electron chi connectivity index (χ0n) is 50.9. The second-order valence-electron chi connectivity index (χ2n) is 35.2. The first kappa shape index (κ1) is 52.4. The monoisotopic (exact) mass is 1040 g/mol. The van der Waals surface area contributed by atoms with Crippen LogP contribution in [0.5, 0.6) is 0 Å². The second kappa shape index (κ2) is 19.3. The van der Waals surface area contributed by atoms with Crippen molar-refractivity contribution < 1.29 is 4.79 Å². The van der Waals surface area contributed by atoms with Crippen molar-refractivity contribution in [2.45, 2.75) is 310 Å². The lowest BCUT2D eigenvalue weighted by Gasteiger charge is -2.54. The van der Waals surface area contributed by atoms with E-state index in [0.29, 0.717) is 57.4 Å². The fourth-order valence-corrected chi connectivity index (χ4v) is 29.4. The van der Waals surface area contributed by atoms with E-state index >= 15 is 4.79 Å². The number of carbonyl (C=O) groups excluding carboxylic acids is 1. The molecule has 0 N–H and O–H groups in total. The van der Waals surface area contributed by atoms with E-state index in [9.17, 15) is 0 Å². The van der Waals surface area contributed by atoms with E-state index in [0.717, 1.165) is 125 Å². The fraction of sp³-hybridized carbons (Fsp3) is 0.986. The molecule has 0 heterocycles. The summed E-state index contributed by atoms with van der Waals surface area (Å²) < 4.78 is 0. The van der Waals surface area contributed by atoms with Gasteiger partial charge in [0.15, 0.2) is 0 Å². The zero-order chi connectivity index (χ0) is 51.8. The van der Waals surface area contributed by atoms with Crippen LogP contribution in [0.15, 0.2) is 0 Å². The van der Waals surface area contributed by atoms with Crippen molar-refractivity contribution >= 4 is 5.78 Å². The summed E-state index contributed by atoms with van der Waals surface area (Å²) >= 11 is 0. The minimum Gasteiger partial charge on any atom is -0.299 e. The molecule has 3 heteroatoms. The molecule has 15 rings (SSSR count). The maximum absolute atomic E-state index is 15.9. The lowest BCUT2D eigenvalue weighted by Crippen LogP contribution is -2.56. The Morgan fingerprint density at radius 3 is 0.724 bits per heavy atom. The molecule has 426 valence electrons. The highest BCUT2D eigenvalue weighted by Crippen LogP contribution is 2.69. The Bertz CT molecular complexity index is 1870. The predicted octanol–water partition coefficient (Wildman–Crippen LogP) is 18.3. The lowest BCUT2D eigenvalue weighted by molar-refractivity contribution is -0.128. The maximum atomic E-state index is 15.9. The van der Waals surface area contributed by atoms with E-state index in [-0.39, 0.29) is 0 Å². The average Bonchev–Trinajstić information content (AvgIpc) is 4.18. The first-order valence-electron chi connectivity index (χ1n) is 35.7. The lowest BCUT2D eigenvalue weighted by atomic mass is 9.64. The van der Waals surface area contributed by atoms with Gasteiger partial charge in [0, 0.05) is 48.1 Å². The molecule has 76 heavy (non-hydrogen) atoms. The van der Waals surface area contributed by atoms with Crippen LogP contribution in [0.25, 0.3) is 0 Å². The number of fused-ring (bicyclic) bond motifs is 15. The number of nitrogens with zero attached hydrogens (tertiary/aromatic N) is 2. The standard InChI is InChI=1S/C73H118N2O/c1-70(2)61-21-13-9-17-51(61)55-33-27-45(39-65(55)70)74(46-28-34-56-52-18-10-14-22-62(52)71(3,4)66(56)40-46)43-25-31-49-50-32-26-44(38-60(50)69(76)59(49)37-43)75(47-29-35-57-53-19-11-15-23-63(53)72(5,6)67(57)41-47)48-30-36-58-54-20-12-16-24-64(54)73(7,8)68(58)42-48/h43-68H,9-42H2,1-8H3. The molecular weight excluding hydrogens is 921 g/mol. The summed E-state index contributed by atoms with van der Waals surface area (Å²) in [5.41, 5.74) is 1.98. The van der Waals surface area contributed by atoms with Gasteiger partial charge < -0.3 is 0 Å². The predicted molar refractivity (Wildman–Crippen MR) is 313 cm³/mol. The molecule has 15 aliphatic carbocycles. The van der Waals surface area contributed by atoms with Crippen molar-refractivity contribution in [2.75, 3.05) is 0 Å². The number of hydrogen-bond acceptors (Lipinski definition) is 3. The first-order chi connectivity index (χ1) is 36.6. The highest BCUT2D eigenvalue weighted by atomic mass is 16.1. The van der Waals surface area contributed by atoms with Crippen LogP contribution in [0, 0.1) is 140 Å². The molecule has 26 atom stereocenters. The Morgan fingerprint density at radius 2 is 0.461 bits per heavy atom. The number of carbonyl (C=O) groups is 1. The largest absolute Gasteiger partial charge is 0.299 e. The summed E-state index contributed by atoms with van der Waals surface area (Å²) in [5, 5.41) is 0. The molecule has 3 nitrogen and oxygen atoms in total. The van der Waals surface area contributed by atoms with Crippen LogP contribution in [0.2, 0.25) is 0 Å². The summed E-state index contributed by atoms with van der Waals surface area (Å²) in [6.45, 7) is 22.1. The van der Waals surface area contributed by atoms with Crippen LogP contribution in [0.1, 0.15) is 274 Å². The molecule has 0 saturated heterocycles. The van der Waals surface area contributed by atoms with E-state index in [1.165, 1.54) is 218 Å². The van der Waals surface area contributed by atoms with Gasteiger partial charge in [-0.15, -0.1) is 0 Å². The van der Waals surface area contributed by atoms with Crippen molar-refractivity contribution in [3.63, 3.8) is 0 Å². The molecule has 15 aliphatic rings. The molecule has 0 aromatic heterocycles. The van der Waals surface area contributed by atoms with Gasteiger partial charge in [-0.25, -0.2) is 0 Å². The minimum absolute atomic E-state index is 0.351. The zero-order valence-corrected chi connectivity index (χ0v) is 50.9. The van der Waals surface area contributed by atoms with Crippen LogP contribution in [0.3, 0.4) is 0 Å². The van der Waals surface area contributed by atoms with Crippen molar-refractivity contribution in [3.8, 4) is 0 Å². The highest BCUT2D eigenvalue weighted by Gasteiger charge is 2.64. The SMILES string of the molecule is CC1(C)C2CCCCC2C2CCC(N(C3CCC4C(C3)C(=O)C3CC(N(C5CCC6C7CCCCC7C(C)(C)C6C5)C5CCC6C7CCCCC7C(C)(C)C6C5)CCC34)C3CCC4C5CCCCC5C(C)(C)C4C3)CC21. The number of hydrogen-bond donors (Lipinski definition) is 0. The highest BCUT2D eigenvalue weighted by molar-refractivity contribution is 5.87. The summed E-state index contributed by atoms with van der Waals surface area (Å²) in [7, 11) is 0. The Kier molecular flexibility index (Phi) is 13.3. The minimum atomic E-state index is 0.351. The molecular formula is C73H118N2O. The van der Waals surface area contributed by atoms with Gasteiger partial charge in [-0.1, -0.05) is 107 Å².